The molecule has 2 aromatic rings. The van der Waals surface area contributed by atoms with Crippen molar-refractivity contribution in [3.63, 3.8) is 0 Å². The van der Waals surface area contributed by atoms with Gasteiger partial charge in [-0.2, -0.15) is 0 Å². The minimum atomic E-state index is -0.337. The lowest BCUT2D eigenvalue weighted by molar-refractivity contribution is -0.114. The molecule has 0 aromatic heterocycles. The summed E-state index contributed by atoms with van der Waals surface area (Å²) in [4.78, 5) is 11.9. The van der Waals surface area contributed by atoms with Crippen LogP contribution in [0.25, 0.3) is 0 Å². The minimum absolute atomic E-state index is 0.0518. The molecule has 0 fully saturated rings. The Bertz CT molecular complexity index is 627. The van der Waals surface area contributed by atoms with Gasteiger partial charge in [0.05, 0.1) is 18.3 Å². The monoisotopic (exact) mass is 302 g/mol. The Kier molecular flexibility index (Phi) is 5.36. The summed E-state index contributed by atoms with van der Waals surface area (Å²) in [6, 6.07) is 13.1. The van der Waals surface area contributed by atoms with Crippen LogP contribution >= 0.6 is 0 Å². The van der Waals surface area contributed by atoms with Crippen LogP contribution < -0.4 is 15.4 Å². The summed E-state index contributed by atoms with van der Waals surface area (Å²) in [5.41, 5.74) is 1.31. The van der Waals surface area contributed by atoms with E-state index in [0.717, 1.165) is 5.69 Å². The molecule has 2 N–H and O–H groups in total. The van der Waals surface area contributed by atoms with Crippen LogP contribution in [0.1, 0.15) is 13.8 Å². The van der Waals surface area contributed by atoms with Crippen LogP contribution in [0.15, 0.2) is 48.5 Å². The van der Waals surface area contributed by atoms with Gasteiger partial charge in [0.2, 0.25) is 5.91 Å². The summed E-state index contributed by atoms with van der Waals surface area (Å²) in [6.45, 7) is 3.98. The molecule has 0 atom stereocenters. The lowest BCUT2D eigenvalue weighted by atomic mass is 10.2. The number of ether oxygens (including phenoxy) is 1. The van der Waals surface area contributed by atoms with Gasteiger partial charge in [0, 0.05) is 5.69 Å². The number of anilines is 2. The molecule has 5 heteroatoms. The van der Waals surface area contributed by atoms with Crippen molar-refractivity contribution in [2.75, 3.05) is 17.2 Å². The lowest BCUT2D eigenvalue weighted by Crippen LogP contribution is -2.22. The highest BCUT2D eigenvalue weighted by Gasteiger charge is 2.07. The summed E-state index contributed by atoms with van der Waals surface area (Å²) in [6.07, 6.45) is 0.0518. The molecule has 22 heavy (non-hydrogen) atoms. The number of carbonyl (C=O) groups is 1. The Morgan fingerprint density at radius 2 is 1.82 bits per heavy atom. The zero-order valence-electron chi connectivity index (χ0n) is 12.6. The molecule has 0 aliphatic heterocycles. The quantitative estimate of drug-likeness (QED) is 0.856. The molecule has 0 aliphatic carbocycles. The molecule has 0 bridgehead atoms. The number of halogens is 1. The van der Waals surface area contributed by atoms with Gasteiger partial charge in [0.1, 0.15) is 11.6 Å². The minimum Gasteiger partial charge on any atom is -0.489 e. The standard InChI is InChI=1S/C17H19FN2O2/c1-12(2)22-16-6-4-3-5-15(16)19-11-17(21)20-14-9-7-13(18)8-10-14/h3-10,12,19H,11H2,1-2H3,(H,20,21). The Labute approximate surface area is 129 Å². The summed E-state index contributed by atoms with van der Waals surface area (Å²) in [7, 11) is 0. The maximum atomic E-state index is 12.8. The Morgan fingerprint density at radius 3 is 2.50 bits per heavy atom. The SMILES string of the molecule is CC(C)Oc1ccccc1NCC(=O)Nc1ccc(F)cc1. The number of benzene rings is 2. The third-order valence-electron chi connectivity index (χ3n) is 2.82. The van der Waals surface area contributed by atoms with E-state index in [1.807, 2.05) is 38.1 Å². The molecular weight excluding hydrogens is 283 g/mol. The van der Waals surface area contributed by atoms with E-state index in [4.69, 9.17) is 4.74 Å². The summed E-state index contributed by atoms with van der Waals surface area (Å²) in [5, 5.41) is 5.73. The Morgan fingerprint density at radius 1 is 1.14 bits per heavy atom. The second-order valence-electron chi connectivity index (χ2n) is 5.07. The number of hydrogen-bond donors (Lipinski definition) is 2. The number of amides is 1. The molecule has 2 aromatic carbocycles. The third kappa shape index (κ3) is 4.77. The fourth-order valence-electron chi connectivity index (χ4n) is 1.88. The lowest BCUT2D eigenvalue weighted by Gasteiger charge is -2.15. The molecule has 0 unspecified atom stereocenters. The van der Waals surface area contributed by atoms with Crippen molar-refractivity contribution in [2.45, 2.75) is 20.0 Å². The topological polar surface area (TPSA) is 50.4 Å². The normalized spacial score (nSPS) is 10.4. The highest BCUT2D eigenvalue weighted by Crippen LogP contribution is 2.24. The molecule has 116 valence electrons. The number of carbonyl (C=O) groups excluding carboxylic acids is 1. The zero-order valence-corrected chi connectivity index (χ0v) is 12.6. The number of para-hydroxylation sites is 2. The molecule has 0 radical (unpaired) electrons. The Balaban J connectivity index is 1.92. The summed E-state index contributed by atoms with van der Waals surface area (Å²) in [5.74, 6) is 0.147. The number of nitrogens with one attached hydrogen (secondary N) is 2. The van der Waals surface area contributed by atoms with Gasteiger partial charge in [0.25, 0.3) is 0 Å². The van der Waals surface area contributed by atoms with Crippen LogP contribution in [0.5, 0.6) is 5.75 Å². The molecule has 0 aliphatic rings. The van der Waals surface area contributed by atoms with Crippen molar-refractivity contribution in [3.05, 3.63) is 54.3 Å². The molecule has 0 saturated heterocycles. The molecule has 0 spiro atoms. The van der Waals surface area contributed by atoms with E-state index in [1.165, 1.54) is 24.3 Å². The van der Waals surface area contributed by atoms with Gasteiger partial charge in [0.15, 0.2) is 0 Å². The van der Waals surface area contributed by atoms with Gasteiger partial charge < -0.3 is 15.4 Å². The van der Waals surface area contributed by atoms with Crippen molar-refractivity contribution in [1.29, 1.82) is 0 Å². The number of hydrogen-bond acceptors (Lipinski definition) is 3. The fourth-order valence-corrected chi connectivity index (χ4v) is 1.88. The van der Waals surface area contributed by atoms with Crippen molar-refractivity contribution in [1.82, 2.24) is 0 Å². The van der Waals surface area contributed by atoms with Crippen molar-refractivity contribution in [2.24, 2.45) is 0 Å². The van der Waals surface area contributed by atoms with E-state index in [0.29, 0.717) is 11.4 Å². The van der Waals surface area contributed by atoms with Gasteiger partial charge in [-0.25, -0.2) is 4.39 Å². The molecule has 1 amide bonds. The van der Waals surface area contributed by atoms with E-state index < -0.39 is 0 Å². The maximum Gasteiger partial charge on any atom is 0.243 e. The largest absolute Gasteiger partial charge is 0.489 e. The van der Waals surface area contributed by atoms with Gasteiger partial charge in [-0.15, -0.1) is 0 Å². The molecule has 0 heterocycles. The number of rotatable bonds is 6. The molecule has 2 rings (SSSR count). The summed E-state index contributed by atoms with van der Waals surface area (Å²) >= 11 is 0. The smallest absolute Gasteiger partial charge is 0.243 e. The van der Waals surface area contributed by atoms with Gasteiger partial charge in [-0.1, -0.05) is 12.1 Å². The third-order valence-corrected chi connectivity index (χ3v) is 2.82. The highest BCUT2D eigenvalue weighted by atomic mass is 19.1. The van der Waals surface area contributed by atoms with Crippen LogP contribution in [-0.2, 0) is 4.79 Å². The molecular formula is C17H19FN2O2. The zero-order chi connectivity index (χ0) is 15.9. The summed E-state index contributed by atoms with van der Waals surface area (Å²) < 4.78 is 18.5. The first kappa shape index (κ1) is 15.8. The van der Waals surface area contributed by atoms with Crippen molar-refractivity contribution in [3.8, 4) is 5.75 Å². The predicted octanol–water partition coefficient (Wildman–Crippen LogP) is 3.66. The fraction of sp³-hybridized carbons (Fsp3) is 0.235. The van der Waals surface area contributed by atoms with Gasteiger partial charge >= 0.3 is 0 Å². The average Bonchev–Trinajstić information content (AvgIpc) is 2.48. The first-order valence-electron chi connectivity index (χ1n) is 7.09. The average molecular weight is 302 g/mol. The van der Waals surface area contributed by atoms with Crippen LogP contribution in [-0.4, -0.2) is 18.6 Å². The Hall–Kier alpha value is -2.56. The van der Waals surface area contributed by atoms with Gasteiger partial charge in [-0.05, 0) is 50.2 Å². The van der Waals surface area contributed by atoms with E-state index >= 15 is 0 Å². The second-order valence-corrected chi connectivity index (χ2v) is 5.07. The van der Waals surface area contributed by atoms with Gasteiger partial charge in [-0.3, -0.25) is 4.79 Å². The first-order valence-corrected chi connectivity index (χ1v) is 7.09. The van der Waals surface area contributed by atoms with Crippen LogP contribution in [0.4, 0.5) is 15.8 Å². The van der Waals surface area contributed by atoms with Crippen molar-refractivity contribution >= 4 is 17.3 Å². The van der Waals surface area contributed by atoms with E-state index in [9.17, 15) is 9.18 Å². The van der Waals surface area contributed by atoms with Crippen LogP contribution in [0.3, 0.4) is 0 Å². The van der Waals surface area contributed by atoms with E-state index in [-0.39, 0.29) is 24.4 Å². The van der Waals surface area contributed by atoms with Crippen LogP contribution in [0.2, 0.25) is 0 Å². The van der Waals surface area contributed by atoms with Crippen LogP contribution in [0, 0.1) is 5.82 Å². The van der Waals surface area contributed by atoms with E-state index in [1.54, 1.807) is 0 Å². The molecule has 4 nitrogen and oxygen atoms in total. The predicted molar refractivity (Wildman–Crippen MR) is 85.7 cm³/mol. The maximum absolute atomic E-state index is 12.8. The highest BCUT2D eigenvalue weighted by molar-refractivity contribution is 5.93. The molecule has 0 saturated carbocycles. The van der Waals surface area contributed by atoms with E-state index in [2.05, 4.69) is 10.6 Å². The van der Waals surface area contributed by atoms with Crippen molar-refractivity contribution < 1.29 is 13.9 Å². The second kappa shape index (κ2) is 7.45. The first-order chi connectivity index (χ1) is 10.5.